The number of likely N-dealkylation sites (tertiary alicyclic amines) is 1. The molecule has 0 aliphatic carbocycles. The fourth-order valence-corrected chi connectivity index (χ4v) is 3.04. The lowest BCUT2D eigenvalue weighted by atomic mass is 10.1. The van der Waals surface area contributed by atoms with Gasteiger partial charge in [0.05, 0.1) is 11.8 Å². The van der Waals surface area contributed by atoms with Gasteiger partial charge in [0.25, 0.3) is 0 Å². The summed E-state index contributed by atoms with van der Waals surface area (Å²) >= 11 is 0. The first kappa shape index (κ1) is 15.8. The molecule has 0 bridgehead atoms. The standard InChI is InChI=1S/C15H26N4O2/c1-4-14-12(10-18(3)17-14)9-16-15(21)19-7-5-6-13(19)8-11(2)20/h10-11,13,20H,4-9H2,1-3H3,(H,16,21). The molecule has 2 amide bonds. The number of rotatable bonds is 5. The summed E-state index contributed by atoms with van der Waals surface area (Å²) in [5.41, 5.74) is 2.10. The molecular formula is C15H26N4O2. The van der Waals surface area contributed by atoms with E-state index in [1.54, 1.807) is 11.6 Å². The molecule has 1 aliphatic rings. The van der Waals surface area contributed by atoms with Crippen LogP contribution in [0.5, 0.6) is 0 Å². The third kappa shape index (κ3) is 3.97. The van der Waals surface area contributed by atoms with Crippen molar-refractivity contribution in [3.8, 4) is 0 Å². The van der Waals surface area contributed by atoms with Gasteiger partial charge in [0.2, 0.25) is 0 Å². The van der Waals surface area contributed by atoms with E-state index < -0.39 is 0 Å². The summed E-state index contributed by atoms with van der Waals surface area (Å²) in [5.74, 6) is 0. The van der Waals surface area contributed by atoms with E-state index in [0.717, 1.165) is 37.1 Å². The molecular weight excluding hydrogens is 268 g/mol. The van der Waals surface area contributed by atoms with Crippen molar-refractivity contribution in [2.45, 2.75) is 58.2 Å². The number of aryl methyl sites for hydroxylation is 2. The molecule has 0 radical (unpaired) electrons. The maximum absolute atomic E-state index is 12.3. The molecule has 1 aliphatic heterocycles. The number of urea groups is 1. The molecule has 1 fully saturated rings. The van der Waals surface area contributed by atoms with Crippen LogP contribution in [-0.2, 0) is 20.0 Å². The molecule has 2 heterocycles. The van der Waals surface area contributed by atoms with Crippen molar-refractivity contribution < 1.29 is 9.90 Å². The normalized spacial score (nSPS) is 19.8. The fourth-order valence-electron chi connectivity index (χ4n) is 3.04. The Morgan fingerprint density at radius 3 is 3.05 bits per heavy atom. The fraction of sp³-hybridized carbons (Fsp3) is 0.733. The summed E-state index contributed by atoms with van der Waals surface area (Å²) in [4.78, 5) is 14.2. The third-order valence-corrected chi connectivity index (χ3v) is 4.01. The van der Waals surface area contributed by atoms with Gasteiger partial charge < -0.3 is 15.3 Å². The van der Waals surface area contributed by atoms with Gasteiger partial charge in [-0.2, -0.15) is 5.10 Å². The average molecular weight is 294 g/mol. The number of aromatic nitrogens is 2. The molecule has 1 aromatic rings. The predicted molar refractivity (Wildman–Crippen MR) is 80.8 cm³/mol. The van der Waals surface area contributed by atoms with Crippen molar-refractivity contribution in [3.05, 3.63) is 17.5 Å². The summed E-state index contributed by atoms with van der Waals surface area (Å²) in [6, 6.07) is 0.119. The van der Waals surface area contributed by atoms with Gasteiger partial charge in [0.15, 0.2) is 0 Å². The molecule has 6 heteroatoms. The first-order valence-electron chi connectivity index (χ1n) is 7.75. The van der Waals surface area contributed by atoms with Gasteiger partial charge in [-0.15, -0.1) is 0 Å². The second-order valence-electron chi connectivity index (χ2n) is 5.86. The zero-order valence-electron chi connectivity index (χ0n) is 13.2. The number of nitrogens with zero attached hydrogens (tertiary/aromatic N) is 3. The first-order valence-corrected chi connectivity index (χ1v) is 7.75. The first-order chi connectivity index (χ1) is 10.0. The summed E-state index contributed by atoms with van der Waals surface area (Å²) in [6.07, 6.45) is 5.09. The molecule has 2 rings (SSSR count). The summed E-state index contributed by atoms with van der Waals surface area (Å²) < 4.78 is 1.78. The maximum Gasteiger partial charge on any atom is 0.317 e. The van der Waals surface area contributed by atoms with Gasteiger partial charge in [0, 0.05) is 37.9 Å². The minimum Gasteiger partial charge on any atom is -0.393 e. The number of aliphatic hydroxyl groups is 1. The zero-order chi connectivity index (χ0) is 15.4. The van der Waals surface area contributed by atoms with Crippen molar-refractivity contribution in [1.29, 1.82) is 0 Å². The van der Waals surface area contributed by atoms with Crippen LogP contribution in [-0.4, -0.2) is 44.5 Å². The number of carbonyl (C=O) groups excluding carboxylic acids is 1. The minimum atomic E-state index is -0.367. The van der Waals surface area contributed by atoms with Crippen molar-refractivity contribution in [3.63, 3.8) is 0 Å². The molecule has 0 aromatic carbocycles. The summed E-state index contributed by atoms with van der Waals surface area (Å²) in [7, 11) is 1.89. The lowest BCUT2D eigenvalue weighted by Gasteiger charge is -2.25. The Kier molecular flexibility index (Phi) is 5.22. The molecule has 2 N–H and O–H groups in total. The predicted octanol–water partition coefficient (Wildman–Crippen LogP) is 1.43. The summed E-state index contributed by atoms with van der Waals surface area (Å²) in [5, 5.41) is 16.9. The summed E-state index contributed by atoms with van der Waals surface area (Å²) in [6.45, 7) is 5.12. The Morgan fingerprint density at radius 2 is 2.38 bits per heavy atom. The quantitative estimate of drug-likeness (QED) is 0.863. The van der Waals surface area contributed by atoms with E-state index >= 15 is 0 Å². The molecule has 0 saturated carbocycles. The molecule has 6 nitrogen and oxygen atoms in total. The lowest BCUT2D eigenvalue weighted by molar-refractivity contribution is 0.138. The molecule has 21 heavy (non-hydrogen) atoms. The van der Waals surface area contributed by atoms with Crippen LogP contribution in [0.15, 0.2) is 6.20 Å². The monoisotopic (exact) mass is 294 g/mol. The smallest absolute Gasteiger partial charge is 0.317 e. The molecule has 1 aromatic heterocycles. The number of hydrogen-bond donors (Lipinski definition) is 2. The van der Waals surface area contributed by atoms with Gasteiger partial charge in [-0.1, -0.05) is 6.92 Å². The highest BCUT2D eigenvalue weighted by molar-refractivity contribution is 5.74. The van der Waals surface area contributed by atoms with Gasteiger partial charge >= 0.3 is 6.03 Å². The number of carbonyl (C=O) groups is 1. The van der Waals surface area contributed by atoms with E-state index in [2.05, 4.69) is 17.3 Å². The molecule has 118 valence electrons. The second kappa shape index (κ2) is 6.93. The highest BCUT2D eigenvalue weighted by atomic mass is 16.3. The van der Waals surface area contributed by atoms with E-state index in [-0.39, 0.29) is 18.2 Å². The highest BCUT2D eigenvalue weighted by Crippen LogP contribution is 2.21. The van der Waals surface area contributed by atoms with E-state index in [1.165, 1.54) is 0 Å². The van der Waals surface area contributed by atoms with Crippen molar-refractivity contribution in [2.24, 2.45) is 7.05 Å². The van der Waals surface area contributed by atoms with E-state index in [0.29, 0.717) is 13.0 Å². The Morgan fingerprint density at radius 1 is 1.62 bits per heavy atom. The Balaban J connectivity index is 1.91. The van der Waals surface area contributed by atoms with Crippen molar-refractivity contribution in [2.75, 3.05) is 6.54 Å². The van der Waals surface area contributed by atoms with Crippen LogP contribution in [0.2, 0.25) is 0 Å². The van der Waals surface area contributed by atoms with Crippen LogP contribution >= 0.6 is 0 Å². The number of amides is 2. The zero-order valence-corrected chi connectivity index (χ0v) is 13.2. The second-order valence-corrected chi connectivity index (χ2v) is 5.86. The van der Waals surface area contributed by atoms with Crippen LogP contribution in [0, 0.1) is 0 Å². The Bertz CT molecular complexity index is 484. The minimum absolute atomic E-state index is 0.0379. The third-order valence-electron chi connectivity index (χ3n) is 4.01. The van der Waals surface area contributed by atoms with Crippen LogP contribution in [0.4, 0.5) is 4.79 Å². The lowest BCUT2D eigenvalue weighted by Crippen LogP contribution is -2.43. The van der Waals surface area contributed by atoms with Gasteiger partial charge in [0.1, 0.15) is 0 Å². The maximum atomic E-state index is 12.3. The average Bonchev–Trinajstić information content (AvgIpc) is 3.01. The molecule has 0 spiro atoms. The van der Waals surface area contributed by atoms with Crippen molar-refractivity contribution >= 4 is 6.03 Å². The SMILES string of the molecule is CCc1nn(C)cc1CNC(=O)N1CCCC1CC(C)O. The van der Waals surface area contributed by atoms with E-state index in [4.69, 9.17) is 0 Å². The molecule has 2 unspecified atom stereocenters. The Hall–Kier alpha value is -1.56. The largest absolute Gasteiger partial charge is 0.393 e. The van der Waals surface area contributed by atoms with E-state index in [1.807, 2.05) is 18.1 Å². The van der Waals surface area contributed by atoms with Crippen LogP contribution < -0.4 is 5.32 Å². The van der Waals surface area contributed by atoms with E-state index in [9.17, 15) is 9.90 Å². The number of hydrogen-bond acceptors (Lipinski definition) is 3. The molecule has 1 saturated heterocycles. The van der Waals surface area contributed by atoms with Gasteiger partial charge in [-0.3, -0.25) is 4.68 Å². The number of nitrogens with one attached hydrogen (secondary N) is 1. The van der Waals surface area contributed by atoms with Gasteiger partial charge in [-0.05, 0) is 32.6 Å². The van der Waals surface area contributed by atoms with Gasteiger partial charge in [-0.25, -0.2) is 4.79 Å². The van der Waals surface area contributed by atoms with Crippen LogP contribution in [0.3, 0.4) is 0 Å². The highest BCUT2D eigenvalue weighted by Gasteiger charge is 2.29. The van der Waals surface area contributed by atoms with Crippen LogP contribution in [0.1, 0.15) is 44.4 Å². The van der Waals surface area contributed by atoms with Crippen LogP contribution in [0.25, 0.3) is 0 Å². The Labute approximate surface area is 126 Å². The molecule has 2 atom stereocenters. The number of aliphatic hydroxyl groups excluding tert-OH is 1. The van der Waals surface area contributed by atoms with Crippen molar-refractivity contribution in [1.82, 2.24) is 20.0 Å². The topological polar surface area (TPSA) is 70.4 Å².